The fourth-order valence-electron chi connectivity index (χ4n) is 2.29. The molecule has 0 atom stereocenters. The molecule has 23 heavy (non-hydrogen) atoms. The lowest BCUT2D eigenvalue weighted by atomic mass is 10.1. The molecule has 0 aromatic heterocycles. The topological polar surface area (TPSA) is 62.6 Å². The number of ether oxygens (including phenoxy) is 2. The van der Waals surface area contributed by atoms with Gasteiger partial charge in [-0.3, -0.25) is 0 Å². The van der Waals surface area contributed by atoms with Crippen LogP contribution in [0.1, 0.15) is 25.3 Å². The third-order valence-electron chi connectivity index (χ3n) is 3.65. The van der Waals surface area contributed by atoms with Gasteiger partial charge in [-0.15, -0.1) is 0 Å². The van der Waals surface area contributed by atoms with Crippen LogP contribution in [0.25, 0.3) is 6.08 Å². The normalized spacial score (nSPS) is 15.1. The summed E-state index contributed by atoms with van der Waals surface area (Å²) in [6, 6.07) is 9.71. The molecule has 1 saturated heterocycles. The Hall–Kier alpha value is -2.32. The molecule has 1 aliphatic heterocycles. The number of rotatable bonds is 6. The van der Waals surface area contributed by atoms with Crippen LogP contribution in [-0.4, -0.2) is 38.9 Å². The standard InChI is InChI=1S/C18H22N2O3/c1-2-3-10-23-18(21)16(14-19)13-15-4-6-17(7-5-15)20-8-11-22-12-9-20/h4-7,13H,2-3,8-12H2,1H3/b16-13+. The molecular weight excluding hydrogens is 292 g/mol. The van der Waals surface area contributed by atoms with Crippen molar-refractivity contribution in [2.24, 2.45) is 0 Å². The summed E-state index contributed by atoms with van der Waals surface area (Å²) < 4.78 is 10.4. The van der Waals surface area contributed by atoms with E-state index in [1.54, 1.807) is 6.08 Å². The number of benzene rings is 1. The van der Waals surface area contributed by atoms with Crippen LogP contribution in [0, 0.1) is 11.3 Å². The summed E-state index contributed by atoms with van der Waals surface area (Å²) in [7, 11) is 0. The van der Waals surface area contributed by atoms with E-state index in [9.17, 15) is 4.79 Å². The minimum absolute atomic E-state index is 0.0280. The minimum atomic E-state index is -0.557. The van der Waals surface area contributed by atoms with Gasteiger partial charge in [-0.25, -0.2) is 4.79 Å². The van der Waals surface area contributed by atoms with Crippen LogP contribution in [0.3, 0.4) is 0 Å². The molecule has 0 radical (unpaired) electrons. The number of carbonyl (C=O) groups is 1. The second-order valence-electron chi connectivity index (χ2n) is 5.35. The number of unbranched alkanes of at least 4 members (excludes halogenated alkanes) is 1. The van der Waals surface area contributed by atoms with Gasteiger partial charge in [0.05, 0.1) is 19.8 Å². The summed E-state index contributed by atoms with van der Waals surface area (Å²) in [6.45, 7) is 5.60. The lowest BCUT2D eigenvalue weighted by Crippen LogP contribution is -2.36. The maximum atomic E-state index is 11.8. The number of anilines is 1. The summed E-state index contributed by atoms with van der Waals surface area (Å²) >= 11 is 0. The SMILES string of the molecule is CCCCOC(=O)/C(C#N)=C/c1ccc(N2CCOCC2)cc1. The first-order valence-electron chi connectivity index (χ1n) is 7.96. The van der Waals surface area contributed by atoms with E-state index in [0.29, 0.717) is 6.61 Å². The Morgan fingerprint density at radius 2 is 2.04 bits per heavy atom. The smallest absolute Gasteiger partial charge is 0.348 e. The molecule has 0 unspecified atom stereocenters. The van der Waals surface area contributed by atoms with Gasteiger partial charge in [0, 0.05) is 18.8 Å². The lowest BCUT2D eigenvalue weighted by Gasteiger charge is -2.28. The zero-order chi connectivity index (χ0) is 16.5. The van der Waals surface area contributed by atoms with Gasteiger partial charge < -0.3 is 14.4 Å². The van der Waals surface area contributed by atoms with Gasteiger partial charge in [0.1, 0.15) is 11.6 Å². The van der Waals surface area contributed by atoms with E-state index in [0.717, 1.165) is 50.4 Å². The predicted molar refractivity (Wildman–Crippen MR) is 88.9 cm³/mol. The average molecular weight is 314 g/mol. The Morgan fingerprint density at radius 1 is 1.35 bits per heavy atom. The molecule has 0 saturated carbocycles. The van der Waals surface area contributed by atoms with Crippen molar-refractivity contribution in [3.05, 3.63) is 35.4 Å². The maximum absolute atomic E-state index is 11.8. The van der Waals surface area contributed by atoms with Crippen molar-refractivity contribution in [2.45, 2.75) is 19.8 Å². The Kier molecular flexibility index (Phi) is 6.64. The number of esters is 1. The van der Waals surface area contributed by atoms with Crippen LogP contribution in [0.15, 0.2) is 29.8 Å². The largest absolute Gasteiger partial charge is 0.462 e. The van der Waals surface area contributed by atoms with E-state index in [1.807, 2.05) is 37.3 Å². The van der Waals surface area contributed by atoms with Gasteiger partial charge in [0.15, 0.2) is 0 Å². The molecule has 1 aromatic rings. The van der Waals surface area contributed by atoms with Gasteiger partial charge in [-0.05, 0) is 30.2 Å². The number of hydrogen-bond acceptors (Lipinski definition) is 5. The molecule has 1 heterocycles. The van der Waals surface area contributed by atoms with Crippen molar-refractivity contribution in [3.8, 4) is 6.07 Å². The minimum Gasteiger partial charge on any atom is -0.462 e. The zero-order valence-electron chi connectivity index (χ0n) is 13.5. The first-order valence-corrected chi connectivity index (χ1v) is 7.96. The van der Waals surface area contributed by atoms with Crippen LogP contribution < -0.4 is 4.90 Å². The summed E-state index contributed by atoms with van der Waals surface area (Å²) in [6.07, 6.45) is 3.32. The molecule has 122 valence electrons. The zero-order valence-corrected chi connectivity index (χ0v) is 13.5. The van der Waals surface area contributed by atoms with E-state index in [4.69, 9.17) is 14.7 Å². The quantitative estimate of drug-likeness (QED) is 0.350. The molecule has 5 heteroatoms. The van der Waals surface area contributed by atoms with Crippen LogP contribution in [0.2, 0.25) is 0 Å². The Balaban J connectivity index is 2.02. The molecule has 0 amide bonds. The lowest BCUT2D eigenvalue weighted by molar-refractivity contribution is -0.138. The molecule has 0 bridgehead atoms. The van der Waals surface area contributed by atoms with Gasteiger partial charge in [-0.2, -0.15) is 5.26 Å². The van der Waals surface area contributed by atoms with Crippen LogP contribution in [0.5, 0.6) is 0 Å². The molecule has 5 nitrogen and oxygen atoms in total. The number of carbonyl (C=O) groups excluding carboxylic acids is 1. The molecule has 0 aliphatic carbocycles. The van der Waals surface area contributed by atoms with Gasteiger partial charge >= 0.3 is 5.97 Å². The maximum Gasteiger partial charge on any atom is 0.348 e. The predicted octanol–water partition coefficient (Wildman–Crippen LogP) is 2.77. The molecule has 0 spiro atoms. The average Bonchev–Trinajstić information content (AvgIpc) is 2.61. The van der Waals surface area contributed by atoms with E-state index < -0.39 is 5.97 Å². The first-order chi connectivity index (χ1) is 11.2. The highest BCUT2D eigenvalue weighted by atomic mass is 16.5. The summed E-state index contributed by atoms with van der Waals surface area (Å²) in [4.78, 5) is 14.1. The van der Waals surface area contributed by atoms with Crippen molar-refractivity contribution in [3.63, 3.8) is 0 Å². The summed E-state index contributed by atoms with van der Waals surface area (Å²) in [5.74, 6) is -0.557. The highest BCUT2D eigenvalue weighted by molar-refractivity contribution is 5.97. The van der Waals surface area contributed by atoms with E-state index >= 15 is 0 Å². The Morgan fingerprint density at radius 3 is 2.65 bits per heavy atom. The number of nitrogens with zero attached hydrogens (tertiary/aromatic N) is 2. The van der Waals surface area contributed by atoms with Crippen molar-refractivity contribution in [1.29, 1.82) is 5.26 Å². The fourth-order valence-corrected chi connectivity index (χ4v) is 2.29. The van der Waals surface area contributed by atoms with Crippen LogP contribution >= 0.6 is 0 Å². The number of nitriles is 1. The van der Waals surface area contributed by atoms with Crippen molar-refractivity contribution in [1.82, 2.24) is 0 Å². The second kappa shape index (κ2) is 8.96. The number of hydrogen-bond donors (Lipinski definition) is 0. The molecule has 0 N–H and O–H groups in total. The van der Waals surface area contributed by atoms with Crippen molar-refractivity contribution >= 4 is 17.7 Å². The van der Waals surface area contributed by atoms with E-state index in [-0.39, 0.29) is 5.57 Å². The summed E-state index contributed by atoms with van der Waals surface area (Å²) in [5.41, 5.74) is 1.96. The van der Waals surface area contributed by atoms with E-state index in [2.05, 4.69) is 4.90 Å². The van der Waals surface area contributed by atoms with Crippen LogP contribution in [0.4, 0.5) is 5.69 Å². The third kappa shape index (κ3) is 5.11. The first kappa shape index (κ1) is 17.0. The van der Waals surface area contributed by atoms with Gasteiger partial charge in [0.25, 0.3) is 0 Å². The number of morpholine rings is 1. The molecule has 2 rings (SSSR count). The van der Waals surface area contributed by atoms with Gasteiger partial charge in [0.2, 0.25) is 0 Å². The van der Waals surface area contributed by atoms with E-state index in [1.165, 1.54) is 0 Å². The van der Waals surface area contributed by atoms with Crippen molar-refractivity contribution in [2.75, 3.05) is 37.8 Å². The Labute approximate surface area is 137 Å². The summed E-state index contributed by atoms with van der Waals surface area (Å²) in [5, 5.41) is 9.13. The third-order valence-corrected chi connectivity index (χ3v) is 3.65. The molecule has 1 aliphatic rings. The monoisotopic (exact) mass is 314 g/mol. The fraction of sp³-hybridized carbons (Fsp3) is 0.444. The van der Waals surface area contributed by atoms with Crippen molar-refractivity contribution < 1.29 is 14.3 Å². The highest BCUT2D eigenvalue weighted by Gasteiger charge is 2.12. The highest BCUT2D eigenvalue weighted by Crippen LogP contribution is 2.18. The van der Waals surface area contributed by atoms with Crippen LogP contribution in [-0.2, 0) is 14.3 Å². The molecular formula is C18H22N2O3. The molecule has 1 fully saturated rings. The Bertz CT molecular complexity index is 581. The second-order valence-corrected chi connectivity index (χ2v) is 5.35. The van der Waals surface area contributed by atoms with Gasteiger partial charge in [-0.1, -0.05) is 25.5 Å². The molecule has 1 aromatic carbocycles.